The Morgan fingerprint density at radius 1 is 1.12 bits per heavy atom. The van der Waals surface area contributed by atoms with Gasteiger partial charge in [-0.25, -0.2) is 4.79 Å². The molecule has 0 aliphatic carbocycles. The van der Waals surface area contributed by atoms with Gasteiger partial charge in [0.25, 0.3) is 5.91 Å². The summed E-state index contributed by atoms with van der Waals surface area (Å²) in [6, 6.07) is 20.2. The molecule has 0 saturated carbocycles. The molecule has 2 N–H and O–H groups in total. The number of anilines is 1. The number of halogens is 2. The van der Waals surface area contributed by atoms with E-state index in [2.05, 4.69) is 5.32 Å². The van der Waals surface area contributed by atoms with Crippen LogP contribution in [-0.2, 0) is 18.4 Å². The standard InChI is InChI=1S/C33H36Cl2N4O4/c1-20-16-39(21(2)18-40)32(41)31-29(24-12-7-8-15-27(24)38(31)4)23-11-6-5-10-22(23)19-43-28(20)17-37(3)33(42)36-26-14-9-13-25(34)30(26)35/h5-15,20-21,28,40H,16-19H2,1-4H3,(H,36,42)/t20-,21-,28-/m0/s1. The van der Waals surface area contributed by atoms with Crippen molar-refractivity contribution in [1.82, 2.24) is 14.4 Å². The number of aliphatic hydroxyl groups excluding tert-OH is 1. The molecular weight excluding hydrogens is 587 g/mol. The Hall–Kier alpha value is -3.56. The van der Waals surface area contributed by atoms with E-state index in [-0.39, 0.29) is 42.6 Å². The van der Waals surface area contributed by atoms with Gasteiger partial charge in [-0.15, -0.1) is 0 Å². The number of ether oxygens (including phenoxy) is 1. The van der Waals surface area contributed by atoms with Crippen molar-refractivity contribution in [1.29, 1.82) is 0 Å². The minimum Gasteiger partial charge on any atom is -0.394 e. The highest BCUT2D eigenvalue weighted by atomic mass is 35.5. The van der Waals surface area contributed by atoms with E-state index in [1.165, 1.54) is 4.90 Å². The predicted molar refractivity (Wildman–Crippen MR) is 172 cm³/mol. The maximum Gasteiger partial charge on any atom is 0.321 e. The van der Waals surface area contributed by atoms with Gasteiger partial charge in [0.05, 0.1) is 41.1 Å². The van der Waals surface area contributed by atoms with Gasteiger partial charge in [0.15, 0.2) is 0 Å². The first-order valence-corrected chi connectivity index (χ1v) is 15.0. The number of hydrogen-bond donors (Lipinski definition) is 2. The van der Waals surface area contributed by atoms with Gasteiger partial charge >= 0.3 is 6.03 Å². The molecule has 0 saturated heterocycles. The largest absolute Gasteiger partial charge is 0.394 e. The number of nitrogens with one attached hydrogen (secondary N) is 1. The number of fused-ring (bicyclic) bond motifs is 5. The number of hydrogen-bond acceptors (Lipinski definition) is 4. The highest BCUT2D eigenvalue weighted by Gasteiger charge is 2.34. The van der Waals surface area contributed by atoms with Gasteiger partial charge in [0.1, 0.15) is 5.69 Å². The molecule has 2 heterocycles. The summed E-state index contributed by atoms with van der Waals surface area (Å²) in [5.41, 5.74) is 4.62. The number of amides is 3. The van der Waals surface area contributed by atoms with Crippen molar-refractivity contribution in [2.45, 2.75) is 32.6 Å². The highest BCUT2D eigenvalue weighted by molar-refractivity contribution is 6.44. The lowest BCUT2D eigenvalue weighted by atomic mass is 9.96. The van der Waals surface area contributed by atoms with Crippen LogP contribution in [0.5, 0.6) is 0 Å². The zero-order chi connectivity index (χ0) is 30.8. The van der Waals surface area contributed by atoms with E-state index in [0.717, 1.165) is 27.6 Å². The molecule has 10 heteroatoms. The van der Waals surface area contributed by atoms with Crippen LogP contribution in [0.4, 0.5) is 10.5 Å². The van der Waals surface area contributed by atoms with Crippen LogP contribution in [0.15, 0.2) is 66.7 Å². The smallest absolute Gasteiger partial charge is 0.321 e. The number of urea groups is 1. The topological polar surface area (TPSA) is 87.0 Å². The Morgan fingerprint density at radius 3 is 2.60 bits per heavy atom. The molecule has 0 fully saturated rings. The Labute approximate surface area is 261 Å². The van der Waals surface area contributed by atoms with Crippen LogP contribution in [0.3, 0.4) is 0 Å². The molecule has 0 radical (unpaired) electrons. The Balaban J connectivity index is 1.53. The lowest BCUT2D eigenvalue weighted by Crippen LogP contribution is -2.48. The van der Waals surface area contributed by atoms with E-state index in [0.29, 0.717) is 22.9 Å². The summed E-state index contributed by atoms with van der Waals surface area (Å²) < 4.78 is 8.53. The quantitative estimate of drug-likeness (QED) is 0.260. The number of carbonyl (C=O) groups excluding carboxylic acids is 2. The van der Waals surface area contributed by atoms with Gasteiger partial charge in [0.2, 0.25) is 0 Å². The minimum absolute atomic E-state index is 0.167. The van der Waals surface area contributed by atoms with Gasteiger partial charge in [-0.05, 0) is 36.2 Å². The Morgan fingerprint density at radius 2 is 1.84 bits per heavy atom. The van der Waals surface area contributed by atoms with Gasteiger partial charge < -0.3 is 29.5 Å². The van der Waals surface area contributed by atoms with Gasteiger partial charge in [-0.1, -0.05) is 78.7 Å². The summed E-state index contributed by atoms with van der Waals surface area (Å²) in [6.07, 6.45) is -0.433. The monoisotopic (exact) mass is 622 g/mol. The summed E-state index contributed by atoms with van der Waals surface area (Å²) in [5, 5.41) is 14.6. The van der Waals surface area contributed by atoms with Crippen LogP contribution in [0.1, 0.15) is 29.9 Å². The molecule has 4 aromatic rings. The summed E-state index contributed by atoms with van der Waals surface area (Å²) in [4.78, 5) is 30.9. The van der Waals surface area contributed by atoms with E-state index < -0.39 is 12.1 Å². The molecule has 0 unspecified atom stereocenters. The molecule has 1 aliphatic heterocycles. The second-order valence-electron chi connectivity index (χ2n) is 11.2. The van der Waals surface area contributed by atoms with Crippen molar-refractivity contribution in [3.8, 4) is 11.1 Å². The maximum absolute atomic E-state index is 14.5. The number of aromatic nitrogens is 1. The number of aryl methyl sites for hydroxylation is 1. The zero-order valence-corrected chi connectivity index (χ0v) is 26.2. The third kappa shape index (κ3) is 6.10. The highest BCUT2D eigenvalue weighted by Crippen LogP contribution is 2.38. The molecule has 3 atom stereocenters. The number of carbonyl (C=O) groups is 2. The number of nitrogens with zero attached hydrogens (tertiary/aromatic N) is 3. The summed E-state index contributed by atoms with van der Waals surface area (Å²) in [6.45, 7) is 4.50. The molecule has 226 valence electrons. The molecule has 8 nitrogen and oxygen atoms in total. The minimum atomic E-state index is -0.441. The van der Waals surface area contributed by atoms with Crippen molar-refractivity contribution >= 4 is 51.7 Å². The van der Waals surface area contributed by atoms with Crippen molar-refractivity contribution in [3.05, 3.63) is 88.0 Å². The molecule has 0 bridgehead atoms. The van der Waals surface area contributed by atoms with Crippen molar-refractivity contribution < 1.29 is 19.4 Å². The number of likely N-dealkylation sites (N-methyl/N-ethyl adjacent to an activating group) is 1. The van der Waals surface area contributed by atoms with Gasteiger partial charge in [-0.2, -0.15) is 0 Å². The van der Waals surface area contributed by atoms with Crippen molar-refractivity contribution in [3.63, 3.8) is 0 Å². The Bertz CT molecular complexity index is 1660. The van der Waals surface area contributed by atoms with E-state index in [1.807, 2.05) is 74.0 Å². The fourth-order valence-electron chi connectivity index (χ4n) is 5.69. The maximum atomic E-state index is 14.5. The molecule has 3 amide bonds. The predicted octanol–water partition coefficient (Wildman–Crippen LogP) is 6.67. The van der Waals surface area contributed by atoms with Crippen LogP contribution in [0, 0.1) is 5.92 Å². The first kappa shape index (κ1) is 30.9. The normalized spacial score (nSPS) is 18.0. The van der Waals surface area contributed by atoms with E-state index in [4.69, 9.17) is 27.9 Å². The molecule has 43 heavy (non-hydrogen) atoms. The van der Waals surface area contributed by atoms with Crippen LogP contribution in [0.25, 0.3) is 22.0 Å². The average Bonchev–Trinajstić information content (AvgIpc) is 3.30. The molecule has 3 aromatic carbocycles. The lowest BCUT2D eigenvalue weighted by Gasteiger charge is -2.35. The van der Waals surface area contributed by atoms with Crippen LogP contribution in [-0.4, -0.2) is 70.3 Å². The van der Waals surface area contributed by atoms with Crippen LogP contribution < -0.4 is 5.32 Å². The van der Waals surface area contributed by atoms with E-state index in [9.17, 15) is 14.7 Å². The average molecular weight is 624 g/mol. The fourth-order valence-corrected chi connectivity index (χ4v) is 6.04. The van der Waals surface area contributed by atoms with E-state index >= 15 is 0 Å². The second-order valence-corrected chi connectivity index (χ2v) is 12.0. The summed E-state index contributed by atoms with van der Waals surface area (Å²) >= 11 is 12.4. The second kappa shape index (κ2) is 13.0. The van der Waals surface area contributed by atoms with Crippen molar-refractivity contribution in [2.75, 3.05) is 32.1 Å². The van der Waals surface area contributed by atoms with E-state index in [1.54, 1.807) is 30.1 Å². The van der Waals surface area contributed by atoms with Crippen LogP contribution in [0.2, 0.25) is 10.0 Å². The Kier molecular flexibility index (Phi) is 9.32. The summed E-state index contributed by atoms with van der Waals surface area (Å²) in [5.74, 6) is -0.356. The SMILES string of the molecule is C[C@H]1CN([C@@H](C)CO)C(=O)c2c(c3ccccc3n2C)-c2ccccc2CO[C@H]1CN(C)C(=O)Nc1cccc(Cl)c1Cl. The number of benzene rings is 3. The van der Waals surface area contributed by atoms with Crippen molar-refractivity contribution in [2.24, 2.45) is 13.0 Å². The zero-order valence-electron chi connectivity index (χ0n) is 24.7. The first-order chi connectivity index (χ1) is 20.6. The van der Waals surface area contributed by atoms with Crippen LogP contribution >= 0.6 is 23.2 Å². The molecule has 0 spiro atoms. The third-order valence-electron chi connectivity index (χ3n) is 8.22. The third-order valence-corrected chi connectivity index (χ3v) is 9.04. The first-order valence-electron chi connectivity index (χ1n) is 14.3. The molecule has 1 aliphatic rings. The fraction of sp³-hybridized carbons (Fsp3) is 0.333. The molecule has 5 rings (SSSR count). The number of para-hydroxylation sites is 1. The summed E-state index contributed by atoms with van der Waals surface area (Å²) in [7, 11) is 3.59. The number of aliphatic hydroxyl groups is 1. The van der Waals surface area contributed by atoms with Gasteiger partial charge in [-0.3, -0.25) is 4.79 Å². The van der Waals surface area contributed by atoms with Gasteiger partial charge in [0, 0.05) is 49.6 Å². The lowest BCUT2D eigenvalue weighted by molar-refractivity contribution is -0.0179. The molecule has 1 aromatic heterocycles. The molecular formula is C33H36Cl2N4O4. The number of rotatable bonds is 5.